The Bertz CT molecular complexity index is 399. The second-order valence-electron chi connectivity index (χ2n) is 4.64. The molecule has 1 aliphatic rings. The summed E-state index contributed by atoms with van der Waals surface area (Å²) in [5.74, 6) is -0.246. The topological polar surface area (TPSA) is 66.3 Å². The van der Waals surface area contributed by atoms with Gasteiger partial charge in [-0.2, -0.15) is 0 Å². The molecule has 18 heavy (non-hydrogen) atoms. The maximum Gasteiger partial charge on any atom is 0.356 e. The van der Waals surface area contributed by atoms with Crippen LogP contribution >= 0.6 is 0 Å². The number of hydrogen-bond acceptors (Lipinski definition) is 4. The van der Waals surface area contributed by atoms with Crippen molar-refractivity contribution in [3.8, 4) is 0 Å². The second kappa shape index (κ2) is 5.80. The zero-order chi connectivity index (χ0) is 13.0. The van der Waals surface area contributed by atoms with Gasteiger partial charge in [0.05, 0.1) is 12.4 Å². The Morgan fingerprint density at radius 2 is 2.06 bits per heavy atom. The average molecular weight is 249 g/mol. The molecule has 1 aromatic heterocycles. The Morgan fingerprint density at radius 1 is 1.33 bits per heavy atom. The Labute approximate surface area is 107 Å². The summed E-state index contributed by atoms with van der Waals surface area (Å²) in [4.78, 5) is 21.1. The molecule has 0 atom stereocenters. The van der Waals surface area contributed by atoms with E-state index in [-0.39, 0.29) is 5.69 Å². The Morgan fingerprint density at radius 3 is 2.56 bits per heavy atom. The van der Waals surface area contributed by atoms with Crippen LogP contribution in [0.15, 0.2) is 12.4 Å². The van der Waals surface area contributed by atoms with Gasteiger partial charge in [0.15, 0.2) is 5.69 Å². The summed E-state index contributed by atoms with van der Waals surface area (Å²) >= 11 is 0. The van der Waals surface area contributed by atoms with Crippen LogP contribution in [0.25, 0.3) is 0 Å². The zero-order valence-corrected chi connectivity index (χ0v) is 10.7. The minimum Gasteiger partial charge on any atom is -0.476 e. The standard InChI is InChI=1S/C13H19N3O2/c1-2-16(10-6-4-3-5-7-10)12-9-14-11(8-15-12)13(17)18/h8-10H,2-7H2,1H3,(H,17,18). The fourth-order valence-electron chi connectivity index (χ4n) is 2.58. The predicted octanol–water partition coefficient (Wildman–Crippen LogP) is 2.33. The van der Waals surface area contributed by atoms with Crippen LogP contribution in [0.5, 0.6) is 0 Å². The third-order valence-corrected chi connectivity index (χ3v) is 3.51. The molecule has 0 unspecified atom stereocenters. The van der Waals surface area contributed by atoms with E-state index in [1.165, 1.54) is 38.3 Å². The number of carbonyl (C=O) groups is 1. The molecule has 1 aliphatic carbocycles. The summed E-state index contributed by atoms with van der Waals surface area (Å²) in [6.07, 6.45) is 9.14. The van der Waals surface area contributed by atoms with Crippen LogP contribution in [0.3, 0.4) is 0 Å². The van der Waals surface area contributed by atoms with Crippen LogP contribution in [0.4, 0.5) is 5.82 Å². The van der Waals surface area contributed by atoms with E-state index in [1.54, 1.807) is 6.20 Å². The van der Waals surface area contributed by atoms with E-state index in [1.807, 2.05) is 0 Å². The molecular weight excluding hydrogens is 230 g/mol. The van der Waals surface area contributed by atoms with Crippen molar-refractivity contribution in [3.05, 3.63) is 18.1 Å². The Hall–Kier alpha value is -1.65. The number of anilines is 1. The van der Waals surface area contributed by atoms with Crippen molar-refractivity contribution in [2.24, 2.45) is 0 Å². The van der Waals surface area contributed by atoms with Gasteiger partial charge in [-0.25, -0.2) is 14.8 Å². The van der Waals surface area contributed by atoms with Crippen LogP contribution in [0.2, 0.25) is 0 Å². The molecule has 0 amide bonds. The van der Waals surface area contributed by atoms with Crippen LogP contribution in [-0.2, 0) is 0 Å². The highest BCUT2D eigenvalue weighted by Gasteiger charge is 2.21. The van der Waals surface area contributed by atoms with E-state index in [0.29, 0.717) is 6.04 Å². The highest BCUT2D eigenvalue weighted by Crippen LogP contribution is 2.25. The largest absolute Gasteiger partial charge is 0.476 e. The molecule has 2 rings (SSSR count). The second-order valence-corrected chi connectivity index (χ2v) is 4.64. The molecule has 0 aliphatic heterocycles. The third-order valence-electron chi connectivity index (χ3n) is 3.51. The molecule has 5 nitrogen and oxygen atoms in total. The van der Waals surface area contributed by atoms with E-state index >= 15 is 0 Å². The van der Waals surface area contributed by atoms with Crippen LogP contribution in [0, 0.1) is 0 Å². The maximum absolute atomic E-state index is 10.7. The Balaban J connectivity index is 2.13. The summed E-state index contributed by atoms with van der Waals surface area (Å²) in [6, 6.07) is 0.522. The van der Waals surface area contributed by atoms with Gasteiger partial charge in [0, 0.05) is 12.6 Å². The van der Waals surface area contributed by atoms with E-state index in [2.05, 4.69) is 21.8 Å². The molecular formula is C13H19N3O2. The average Bonchev–Trinajstić information content (AvgIpc) is 2.41. The SMILES string of the molecule is CCN(c1cnc(C(=O)O)cn1)C1CCCCC1. The lowest BCUT2D eigenvalue weighted by molar-refractivity contribution is 0.0690. The molecule has 0 spiro atoms. The molecule has 1 fully saturated rings. The predicted molar refractivity (Wildman–Crippen MR) is 68.9 cm³/mol. The number of hydrogen-bond donors (Lipinski definition) is 1. The Kier molecular flexibility index (Phi) is 4.12. The van der Waals surface area contributed by atoms with Gasteiger partial charge in [0.2, 0.25) is 0 Å². The van der Waals surface area contributed by atoms with Crippen LogP contribution in [-0.4, -0.2) is 33.6 Å². The molecule has 1 heterocycles. The van der Waals surface area contributed by atoms with Crippen molar-refractivity contribution < 1.29 is 9.90 Å². The molecule has 0 aromatic carbocycles. The molecule has 1 N–H and O–H groups in total. The highest BCUT2D eigenvalue weighted by atomic mass is 16.4. The number of rotatable bonds is 4. The van der Waals surface area contributed by atoms with Crippen molar-refractivity contribution in [2.75, 3.05) is 11.4 Å². The van der Waals surface area contributed by atoms with Gasteiger partial charge >= 0.3 is 5.97 Å². The van der Waals surface area contributed by atoms with Crippen molar-refractivity contribution in [3.63, 3.8) is 0 Å². The van der Waals surface area contributed by atoms with Gasteiger partial charge < -0.3 is 10.0 Å². The first kappa shape index (κ1) is 12.8. The number of aromatic nitrogens is 2. The van der Waals surface area contributed by atoms with E-state index in [4.69, 9.17) is 5.11 Å². The molecule has 98 valence electrons. The fraction of sp³-hybridized carbons (Fsp3) is 0.615. The molecule has 0 radical (unpaired) electrons. The van der Waals surface area contributed by atoms with Gasteiger partial charge in [-0.1, -0.05) is 19.3 Å². The van der Waals surface area contributed by atoms with Crippen molar-refractivity contribution in [2.45, 2.75) is 45.1 Å². The van der Waals surface area contributed by atoms with Gasteiger partial charge in [-0.3, -0.25) is 0 Å². The van der Waals surface area contributed by atoms with Gasteiger partial charge in [0.1, 0.15) is 5.82 Å². The van der Waals surface area contributed by atoms with Gasteiger partial charge in [-0.15, -0.1) is 0 Å². The smallest absolute Gasteiger partial charge is 0.356 e. The minimum absolute atomic E-state index is 0.00144. The molecule has 1 saturated carbocycles. The van der Waals surface area contributed by atoms with E-state index in [9.17, 15) is 4.79 Å². The molecule has 5 heteroatoms. The summed E-state index contributed by atoms with van der Waals surface area (Å²) in [6.45, 7) is 2.98. The first-order valence-electron chi connectivity index (χ1n) is 6.54. The molecule has 0 bridgehead atoms. The number of carboxylic acids is 1. The fourth-order valence-corrected chi connectivity index (χ4v) is 2.58. The first-order chi connectivity index (χ1) is 8.72. The minimum atomic E-state index is -1.03. The van der Waals surface area contributed by atoms with Crippen LogP contribution in [0.1, 0.15) is 49.5 Å². The number of nitrogens with zero attached hydrogens (tertiary/aromatic N) is 3. The van der Waals surface area contributed by atoms with Gasteiger partial charge in [-0.05, 0) is 19.8 Å². The summed E-state index contributed by atoms with van der Waals surface area (Å²) < 4.78 is 0. The summed E-state index contributed by atoms with van der Waals surface area (Å²) in [5, 5.41) is 8.80. The highest BCUT2D eigenvalue weighted by molar-refractivity contribution is 5.84. The third kappa shape index (κ3) is 2.78. The summed E-state index contributed by atoms with van der Waals surface area (Å²) in [5.41, 5.74) is -0.00144. The normalized spacial score (nSPS) is 16.5. The zero-order valence-electron chi connectivity index (χ0n) is 10.7. The quantitative estimate of drug-likeness (QED) is 0.887. The lowest BCUT2D eigenvalue weighted by Gasteiger charge is -2.34. The molecule has 1 aromatic rings. The van der Waals surface area contributed by atoms with E-state index in [0.717, 1.165) is 12.4 Å². The van der Waals surface area contributed by atoms with E-state index < -0.39 is 5.97 Å². The van der Waals surface area contributed by atoms with Crippen LogP contribution < -0.4 is 4.90 Å². The maximum atomic E-state index is 10.7. The van der Waals surface area contributed by atoms with Crippen molar-refractivity contribution in [1.29, 1.82) is 0 Å². The lowest BCUT2D eigenvalue weighted by atomic mass is 9.94. The first-order valence-corrected chi connectivity index (χ1v) is 6.54. The van der Waals surface area contributed by atoms with Crippen molar-refractivity contribution in [1.82, 2.24) is 9.97 Å². The summed E-state index contributed by atoms with van der Waals surface area (Å²) in [7, 11) is 0. The number of carboxylic acid groups (broad SMARTS) is 1. The van der Waals surface area contributed by atoms with Crippen molar-refractivity contribution >= 4 is 11.8 Å². The van der Waals surface area contributed by atoms with Gasteiger partial charge in [0.25, 0.3) is 0 Å². The number of aromatic carboxylic acids is 1. The molecule has 0 saturated heterocycles. The monoisotopic (exact) mass is 249 g/mol. The lowest BCUT2D eigenvalue weighted by Crippen LogP contribution is -2.37.